The van der Waals surface area contributed by atoms with Crippen molar-refractivity contribution in [1.29, 1.82) is 0 Å². The van der Waals surface area contributed by atoms with Gasteiger partial charge >= 0.3 is 5.82 Å². The summed E-state index contributed by atoms with van der Waals surface area (Å²) in [5.41, 5.74) is 5.29. The standard InChI is InChI=1S/C28H31N6O/c1-31(2)25-12-6-22(7-13-25)20-29-33-18-19-34(28(33)24-10-16-27(35-5)17-11-24)30-21-23-8-14-26(15-9-23)32(3)4/h6-21H,1-5H3/q+1/b29-20+,30-21+. The number of hydrogen-bond donors (Lipinski definition) is 0. The quantitative estimate of drug-likeness (QED) is 0.286. The maximum absolute atomic E-state index is 5.33. The number of imidazole rings is 1. The summed E-state index contributed by atoms with van der Waals surface area (Å²) in [7, 11) is 9.77. The van der Waals surface area contributed by atoms with Gasteiger partial charge in [0.2, 0.25) is 0 Å². The molecule has 0 aliphatic heterocycles. The predicted molar refractivity (Wildman–Crippen MR) is 144 cm³/mol. The molecular formula is C28H31N6O+. The Morgan fingerprint density at radius 2 is 1.29 bits per heavy atom. The molecule has 178 valence electrons. The monoisotopic (exact) mass is 467 g/mol. The third kappa shape index (κ3) is 5.76. The number of aromatic nitrogens is 2. The first-order chi connectivity index (χ1) is 16.9. The smallest absolute Gasteiger partial charge is 0.339 e. The summed E-state index contributed by atoms with van der Waals surface area (Å²) < 4.78 is 8.99. The van der Waals surface area contributed by atoms with Crippen molar-refractivity contribution in [1.82, 2.24) is 4.68 Å². The largest absolute Gasteiger partial charge is 0.497 e. The number of hydrogen-bond acceptors (Lipinski definition) is 5. The second kappa shape index (κ2) is 10.7. The molecule has 3 aromatic carbocycles. The lowest BCUT2D eigenvalue weighted by Crippen LogP contribution is -2.28. The second-order valence-electron chi connectivity index (χ2n) is 8.50. The zero-order chi connectivity index (χ0) is 24.8. The normalized spacial score (nSPS) is 11.3. The summed E-state index contributed by atoms with van der Waals surface area (Å²) in [6, 6.07) is 24.4. The molecule has 0 N–H and O–H groups in total. The fourth-order valence-corrected chi connectivity index (χ4v) is 3.54. The van der Waals surface area contributed by atoms with Gasteiger partial charge in [-0.2, -0.15) is 0 Å². The van der Waals surface area contributed by atoms with Gasteiger partial charge in [0.05, 0.1) is 25.1 Å². The maximum atomic E-state index is 5.33. The van der Waals surface area contributed by atoms with Crippen LogP contribution in [0.25, 0.3) is 11.4 Å². The lowest BCUT2D eigenvalue weighted by Gasteiger charge is -2.11. The van der Waals surface area contributed by atoms with Gasteiger partial charge in [0.1, 0.15) is 5.75 Å². The summed E-state index contributed by atoms with van der Waals surface area (Å²) >= 11 is 0. The lowest BCUT2D eigenvalue weighted by atomic mass is 10.2. The van der Waals surface area contributed by atoms with Crippen LogP contribution in [-0.4, -0.2) is 52.4 Å². The Morgan fingerprint density at radius 1 is 0.743 bits per heavy atom. The average molecular weight is 468 g/mol. The molecule has 0 aliphatic carbocycles. The van der Waals surface area contributed by atoms with Gasteiger partial charge in [-0.1, -0.05) is 43.8 Å². The summed E-state index contributed by atoms with van der Waals surface area (Å²) in [5.74, 6) is 1.63. The van der Waals surface area contributed by atoms with E-state index in [-0.39, 0.29) is 0 Å². The maximum Gasteiger partial charge on any atom is 0.339 e. The lowest BCUT2D eigenvalue weighted by molar-refractivity contribution is -0.666. The van der Waals surface area contributed by atoms with E-state index in [1.165, 1.54) is 0 Å². The van der Waals surface area contributed by atoms with Crippen molar-refractivity contribution in [2.45, 2.75) is 0 Å². The highest BCUT2D eigenvalue weighted by molar-refractivity contribution is 5.81. The van der Waals surface area contributed by atoms with Gasteiger partial charge in [-0.15, -0.1) is 0 Å². The third-order valence-electron chi connectivity index (χ3n) is 5.61. The molecule has 0 spiro atoms. The van der Waals surface area contributed by atoms with E-state index >= 15 is 0 Å². The molecule has 7 heteroatoms. The van der Waals surface area contributed by atoms with Crippen molar-refractivity contribution in [2.75, 3.05) is 45.1 Å². The molecule has 0 saturated carbocycles. The zero-order valence-corrected chi connectivity index (χ0v) is 20.8. The third-order valence-corrected chi connectivity index (χ3v) is 5.61. The van der Waals surface area contributed by atoms with Crippen LogP contribution in [0.4, 0.5) is 11.4 Å². The van der Waals surface area contributed by atoms with Gasteiger partial charge in [-0.25, -0.2) is 0 Å². The molecule has 35 heavy (non-hydrogen) atoms. The first-order valence-corrected chi connectivity index (χ1v) is 11.4. The minimum absolute atomic E-state index is 0.798. The number of rotatable bonds is 8. The van der Waals surface area contributed by atoms with E-state index in [4.69, 9.17) is 14.9 Å². The van der Waals surface area contributed by atoms with E-state index in [1.807, 2.05) is 86.6 Å². The minimum atomic E-state index is 0.798. The molecule has 0 radical (unpaired) electrons. The van der Waals surface area contributed by atoms with Gasteiger partial charge in [0, 0.05) is 39.6 Å². The van der Waals surface area contributed by atoms with Crippen LogP contribution in [0, 0.1) is 0 Å². The van der Waals surface area contributed by atoms with Crippen molar-refractivity contribution in [2.24, 2.45) is 10.2 Å². The Labute approximate surface area is 206 Å². The van der Waals surface area contributed by atoms with Crippen LogP contribution < -0.4 is 19.2 Å². The highest BCUT2D eigenvalue weighted by Gasteiger charge is 2.20. The molecule has 0 aliphatic rings. The van der Waals surface area contributed by atoms with Crippen molar-refractivity contribution in [3.8, 4) is 17.1 Å². The van der Waals surface area contributed by atoms with Crippen molar-refractivity contribution < 1.29 is 9.41 Å². The van der Waals surface area contributed by atoms with Gasteiger partial charge < -0.3 is 14.5 Å². The molecule has 0 fully saturated rings. The van der Waals surface area contributed by atoms with Crippen LogP contribution in [0.5, 0.6) is 5.75 Å². The molecule has 4 rings (SSSR count). The van der Waals surface area contributed by atoms with Crippen molar-refractivity contribution in [3.63, 3.8) is 0 Å². The summed E-state index contributed by atoms with van der Waals surface area (Å²) in [6.45, 7) is 0. The zero-order valence-electron chi connectivity index (χ0n) is 20.8. The van der Waals surface area contributed by atoms with Crippen LogP contribution in [0.2, 0.25) is 0 Å². The van der Waals surface area contributed by atoms with Gasteiger partial charge in [-0.05, 0) is 59.7 Å². The highest BCUT2D eigenvalue weighted by Crippen LogP contribution is 2.20. The van der Waals surface area contributed by atoms with Gasteiger partial charge in [0.25, 0.3) is 0 Å². The molecule has 0 atom stereocenters. The number of benzene rings is 3. The molecule has 4 aromatic rings. The first-order valence-electron chi connectivity index (χ1n) is 11.4. The van der Waals surface area contributed by atoms with Crippen LogP contribution in [-0.2, 0) is 0 Å². The second-order valence-corrected chi connectivity index (χ2v) is 8.50. The average Bonchev–Trinajstić information content (AvgIpc) is 3.29. The van der Waals surface area contributed by atoms with Crippen LogP contribution in [0.3, 0.4) is 0 Å². The molecule has 0 amide bonds. The van der Waals surface area contributed by atoms with Crippen LogP contribution in [0.1, 0.15) is 11.1 Å². The summed E-state index contributed by atoms with van der Waals surface area (Å²) in [4.78, 5) is 4.15. The van der Waals surface area contributed by atoms with E-state index in [9.17, 15) is 0 Å². The summed E-state index contributed by atoms with van der Waals surface area (Å²) in [5, 5.41) is 9.45. The number of ether oxygens (including phenoxy) is 1. The topological polar surface area (TPSA) is 49.2 Å². The Kier molecular flexibility index (Phi) is 7.26. The highest BCUT2D eigenvalue weighted by atomic mass is 16.5. The number of anilines is 2. The van der Waals surface area contributed by atoms with Crippen molar-refractivity contribution in [3.05, 3.63) is 96.3 Å². The van der Waals surface area contributed by atoms with Crippen molar-refractivity contribution >= 4 is 23.8 Å². The van der Waals surface area contributed by atoms with Gasteiger partial charge in [0.15, 0.2) is 12.4 Å². The Bertz CT molecular complexity index is 1220. The Balaban J connectivity index is 1.67. The molecule has 0 bridgehead atoms. The fourth-order valence-electron chi connectivity index (χ4n) is 3.54. The van der Waals surface area contributed by atoms with E-state index in [2.05, 4.69) is 58.3 Å². The molecular weight excluding hydrogens is 436 g/mol. The predicted octanol–water partition coefficient (Wildman–Crippen LogP) is 4.35. The fraction of sp³-hybridized carbons (Fsp3) is 0.179. The Hall–Kier alpha value is -4.39. The molecule has 0 saturated heterocycles. The van der Waals surface area contributed by atoms with Gasteiger partial charge in [-0.3, -0.25) is 0 Å². The minimum Gasteiger partial charge on any atom is -0.497 e. The van der Waals surface area contributed by atoms with Crippen LogP contribution >= 0.6 is 0 Å². The van der Waals surface area contributed by atoms with Crippen LogP contribution in [0.15, 0.2) is 95.4 Å². The van der Waals surface area contributed by atoms with E-state index in [1.54, 1.807) is 7.11 Å². The van der Waals surface area contributed by atoms with E-state index in [0.717, 1.165) is 39.6 Å². The number of nitrogens with zero attached hydrogens (tertiary/aromatic N) is 6. The molecule has 1 heterocycles. The van der Waals surface area contributed by atoms with E-state index < -0.39 is 0 Å². The molecule has 1 aromatic heterocycles. The number of methoxy groups -OCH3 is 1. The molecule has 7 nitrogen and oxygen atoms in total. The summed E-state index contributed by atoms with van der Waals surface area (Å²) in [6.07, 6.45) is 7.49. The SMILES string of the molecule is COc1ccc(-c2n(/N=C/c3ccc(N(C)C)cc3)cc[n+]2/N=C/c2ccc(N(C)C)cc2)cc1. The Morgan fingerprint density at radius 3 is 1.80 bits per heavy atom. The molecule has 0 unspecified atom stereocenters. The first kappa shape index (κ1) is 23.8. The van der Waals surface area contributed by atoms with E-state index in [0.29, 0.717) is 0 Å².